The molecule has 3 aromatic carbocycles. The summed E-state index contributed by atoms with van der Waals surface area (Å²) in [4.78, 5) is 28.3. The highest BCUT2D eigenvalue weighted by molar-refractivity contribution is 7.92. The molecular weight excluding hydrogens is 585 g/mol. The Morgan fingerprint density at radius 2 is 1.62 bits per heavy atom. The average molecular weight is 618 g/mol. The molecule has 42 heavy (non-hydrogen) atoms. The van der Waals surface area contributed by atoms with Crippen LogP contribution in [0.4, 0.5) is 10.1 Å². The standard InChI is InChI=1S/C30H33ClFN3O6S/c1-4-20(2)33-30(37)21(3)34(18-22-5-7-23(31)8-6-22)29(36)19-35(25-11-9-24(32)10-12-25)42(38,39)26-13-14-27-28(17-26)41-16-15-40-27/h5-14,17,20-21H,4,15-16,18-19H2,1-3H3,(H,33,37)/t20-,21-/m1/s1. The predicted molar refractivity (Wildman–Crippen MR) is 158 cm³/mol. The number of carbonyl (C=O) groups excluding carboxylic acids is 2. The highest BCUT2D eigenvalue weighted by atomic mass is 35.5. The van der Waals surface area contributed by atoms with E-state index < -0.39 is 34.3 Å². The molecule has 12 heteroatoms. The minimum atomic E-state index is -4.37. The van der Waals surface area contributed by atoms with Crippen LogP contribution in [0.15, 0.2) is 71.6 Å². The lowest BCUT2D eigenvalue weighted by atomic mass is 10.1. The SMILES string of the molecule is CC[C@@H](C)NC(=O)[C@@H](C)N(Cc1ccc(Cl)cc1)C(=O)CN(c1ccc(F)cc1)S(=O)(=O)c1ccc2c(c1)OCCO2. The summed E-state index contributed by atoms with van der Waals surface area (Å²) in [6.07, 6.45) is 0.690. The number of anilines is 1. The number of hydrogen-bond acceptors (Lipinski definition) is 6. The lowest BCUT2D eigenvalue weighted by Gasteiger charge is -2.32. The zero-order chi connectivity index (χ0) is 30.4. The number of halogens is 2. The van der Waals surface area contributed by atoms with Crippen LogP contribution in [0.1, 0.15) is 32.8 Å². The second-order valence-corrected chi connectivity index (χ2v) is 12.2. The van der Waals surface area contributed by atoms with Gasteiger partial charge in [-0.05, 0) is 74.4 Å². The van der Waals surface area contributed by atoms with Gasteiger partial charge in [-0.15, -0.1) is 0 Å². The third-order valence-electron chi connectivity index (χ3n) is 6.93. The van der Waals surface area contributed by atoms with Crippen LogP contribution in [0.25, 0.3) is 0 Å². The molecule has 2 amide bonds. The monoisotopic (exact) mass is 617 g/mol. The Balaban J connectivity index is 1.71. The molecule has 0 spiro atoms. The quantitative estimate of drug-likeness (QED) is 0.332. The Morgan fingerprint density at radius 3 is 2.26 bits per heavy atom. The molecule has 1 aliphatic heterocycles. The molecule has 2 atom stereocenters. The number of nitrogens with zero attached hydrogens (tertiary/aromatic N) is 2. The van der Waals surface area contributed by atoms with Crippen LogP contribution in [0, 0.1) is 5.82 Å². The fraction of sp³-hybridized carbons (Fsp3) is 0.333. The number of rotatable bonds is 11. The van der Waals surface area contributed by atoms with Crippen LogP contribution >= 0.6 is 11.6 Å². The Bertz CT molecular complexity index is 1520. The molecule has 0 bridgehead atoms. The van der Waals surface area contributed by atoms with Crippen LogP contribution in [0.2, 0.25) is 5.02 Å². The topological polar surface area (TPSA) is 105 Å². The summed E-state index contributed by atoms with van der Waals surface area (Å²) < 4.78 is 53.8. The van der Waals surface area contributed by atoms with Crippen molar-refractivity contribution in [2.75, 3.05) is 24.1 Å². The Hall–Kier alpha value is -3.83. The van der Waals surface area contributed by atoms with E-state index in [0.717, 1.165) is 16.4 Å². The minimum Gasteiger partial charge on any atom is -0.486 e. The van der Waals surface area contributed by atoms with Crippen LogP contribution in [-0.2, 0) is 26.2 Å². The first kappa shape index (κ1) is 31.1. The summed E-state index contributed by atoms with van der Waals surface area (Å²) in [6.45, 7) is 5.32. The van der Waals surface area contributed by atoms with Gasteiger partial charge in [0, 0.05) is 23.7 Å². The van der Waals surface area contributed by atoms with E-state index in [1.165, 1.54) is 35.2 Å². The molecule has 0 unspecified atom stereocenters. The van der Waals surface area contributed by atoms with Crippen LogP contribution in [0.3, 0.4) is 0 Å². The second kappa shape index (κ2) is 13.4. The van der Waals surface area contributed by atoms with E-state index in [-0.39, 0.29) is 41.4 Å². The van der Waals surface area contributed by atoms with Gasteiger partial charge >= 0.3 is 0 Å². The van der Waals surface area contributed by atoms with Crippen molar-refractivity contribution in [3.05, 3.63) is 83.1 Å². The van der Waals surface area contributed by atoms with Gasteiger partial charge < -0.3 is 19.7 Å². The first-order chi connectivity index (χ1) is 20.0. The average Bonchev–Trinajstić information content (AvgIpc) is 2.99. The molecule has 0 saturated heterocycles. The molecule has 9 nitrogen and oxygen atoms in total. The van der Waals surface area contributed by atoms with Gasteiger partial charge in [0.2, 0.25) is 11.8 Å². The molecule has 4 rings (SSSR count). The first-order valence-corrected chi connectivity index (χ1v) is 15.3. The Labute approximate surface area is 250 Å². The third kappa shape index (κ3) is 7.32. The van der Waals surface area contributed by atoms with Crippen molar-refractivity contribution in [3.8, 4) is 11.5 Å². The number of carbonyl (C=O) groups is 2. The van der Waals surface area contributed by atoms with Gasteiger partial charge in [-0.25, -0.2) is 12.8 Å². The number of nitrogens with one attached hydrogen (secondary N) is 1. The van der Waals surface area contributed by atoms with E-state index in [4.69, 9.17) is 21.1 Å². The molecule has 0 fully saturated rings. The molecule has 0 radical (unpaired) electrons. The maximum absolute atomic E-state index is 14.0. The van der Waals surface area contributed by atoms with Crippen LogP contribution in [0.5, 0.6) is 11.5 Å². The summed E-state index contributed by atoms with van der Waals surface area (Å²) in [5.74, 6) is -0.925. The minimum absolute atomic E-state index is 0.0203. The van der Waals surface area contributed by atoms with E-state index >= 15 is 0 Å². The van der Waals surface area contributed by atoms with Gasteiger partial charge in [0.05, 0.1) is 10.6 Å². The van der Waals surface area contributed by atoms with Gasteiger partial charge in [0.15, 0.2) is 11.5 Å². The number of benzene rings is 3. The maximum atomic E-state index is 14.0. The van der Waals surface area contributed by atoms with Gasteiger partial charge in [-0.3, -0.25) is 13.9 Å². The Morgan fingerprint density at radius 1 is 0.976 bits per heavy atom. The Kier molecular flexibility index (Phi) is 9.95. The predicted octanol–water partition coefficient (Wildman–Crippen LogP) is 4.78. The summed E-state index contributed by atoms with van der Waals surface area (Å²) in [5.41, 5.74) is 0.766. The van der Waals surface area contributed by atoms with Crippen molar-refractivity contribution in [3.63, 3.8) is 0 Å². The normalized spacial score (nSPS) is 14.0. The third-order valence-corrected chi connectivity index (χ3v) is 8.95. The van der Waals surface area contributed by atoms with Gasteiger partial charge in [-0.1, -0.05) is 30.7 Å². The van der Waals surface area contributed by atoms with Crippen LogP contribution < -0.4 is 19.1 Å². The highest BCUT2D eigenvalue weighted by Gasteiger charge is 2.33. The number of sulfonamides is 1. The highest BCUT2D eigenvalue weighted by Crippen LogP contribution is 2.34. The molecule has 1 heterocycles. The van der Waals surface area contributed by atoms with Gasteiger partial charge in [0.1, 0.15) is 31.6 Å². The number of ether oxygens (including phenoxy) is 2. The number of amides is 2. The van der Waals surface area contributed by atoms with E-state index in [1.54, 1.807) is 31.2 Å². The van der Waals surface area contributed by atoms with Crippen LogP contribution in [-0.4, -0.2) is 57.0 Å². The van der Waals surface area contributed by atoms with Crippen molar-refractivity contribution in [1.29, 1.82) is 0 Å². The maximum Gasteiger partial charge on any atom is 0.264 e. The summed E-state index contributed by atoms with van der Waals surface area (Å²) in [6, 6.07) is 14.7. The van der Waals surface area contributed by atoms with Gasteiger partial charge in [0.25, 0.3) is 10.0 Å². The van der Waals surface area contributed by atoms with Crippen molar-refractivity contribution < 1.29 is 31.9 Å². The number of fused-ring (bicyclic) bond motifs is 1. The molecule has 0 aromatic heterocycles. The lowest BCUT2D eigenvalue weighted by molar-refractivity contribution is -0.139. The van der Waals surface area contributed by atoms with Crippen molar-refractivity contribution in [2.45, 2.75) is 50.7 Å². The summed E-state index contributed by atoms with van der Waals surface area (Å²) in [7, 11) is -4.37. The fourth-order valence-electron chi connectivity index (χ4n) is 4.28. The second-order valence-electron chi connectivity index (χ2n) is 9.94. The molecule has 1 aliphatic rings. The molecule has 3 aromatic rings. The smallest absolute Gasteiger partial charge is 0.264 e. The van der Waals surface area contributed by atoms with Crippen molar-refractivity contribution in [2.24, 2.45) is 0 Å². The van der Waals surface area contributed by atoms with E-state index in [9.17, 15) is 22.4 Å². The van der Waals surface area contributed by atoms with Gasteiger partial charge in [-0.2, -0.15) is 0 Å². The van der Waals surface area contributed by atoms with Crippen molar-refractivity contribution >= 4 is 39.1 Å². The first-order valence-electron chi connectivity index (χ1n) is 13.5. The summed E-state index contributed by atoms with van der Waals surface area (Å²) >= 11 is 6.04. The fourth-order valence-corrected chi connectivity index (χ4v) is 5.84. The van der Waals surface area contributed by atoms with E-state index in [2.05, 4.69) is 5.32 Å². The molecule has 0 saturated carbocycles. The molecule has 0 aliphatic carbocycles. The summed E-state index contributed by atoms with van der Waals surface area (Å²) in [5, 5.41) is 3.39. The van der Waals surface area contributed by atoms with E-state index in [0.29, 0.717) is 29.4 Å². The zero-order valence-electron chi connectivity index (χ0n) is 23.5. The zero-order valence-corrected chi connectivity index (χ0v) is 25.1. The molecular formula is C30H33ClFN3O6S. The van der Waals surface area contributed by atoms with E-state index in [1.807, 2.05) is 13.8 Å². The number of hydrogen-bond donors (Lipinski definition) is 1. The largest absolute Gasteiger partial charge is 0.486 e. The molecule has 224 valence electrons. The lowest BCUT2D eigenvalue weighted by Crippen LogP contribution is -2.52. The molecule has 1 N–H and O–H groups in total. The van der Waals surface area contributed by atoms with Crippen molar-refractivity contribution in [1.82, 2.24) is 10.2 Å².